The van der Waals surface area contributed by atoms with Crippen LogP contribution in [0.4, 0.5) is 0 Å². The van der Waals surface area contributed by atoms with Gasteiger partial charge in [-0.05, 0) is 25.7 Å². The van der Waals surface area contributed by atoms with Crippen LogP contribution in [0.1, 0.15) is 32.6 Å². The van der Waals surface area contributed by atoms with Gasteiger partial charge < -0.3 is 15.3 Å². The van der Waals surface area contributed by atoms with Gasteiger partial charge in [-0.2, -0.15) is 0 Å². The monoisotopic (exact) mass is 174 g/mol. The molecule has 3 unspecified atom stereocenters. The lowest BCUT2D eigenvalue weighted by molar-refractivity contribution is -0.125. The maximum Gasteiger partial charge on any atom is 0.154 e. The highest BCUT2D eigenvalue weighted by atomic mass is 16.5. The van der Waals surface area contributed by atoms with E-state index < -0.39 is 12.4 Å². The van der Waals surface area contributed by atoms with E-state index in [2.05, 4.69) is 0 Å². The molecule has 1 aliphatic carbocycles. The van der Waals surface area contributed by atoms with Crippen LogP contribution in [0.2, 0.25) is 0 Å². The second-order valence-corrected chi connectivity index (χ2v) is 3.77. The van der Waals surface area contributed by atoms with E-state index in [-0.39, 0.29) is 11.8 Å². The summed E-state index contributed by atoms with van der Waals surface area (Å²) in [5.74, 6) is -0.0579. The number of aliphatic hydroxyl groups is 3. The fraction of sp³-hybridized carbons (Fsp3) is 1.00. The van der Waals surface area contributed by atoms with E-state index in [1.54, 1.807) is 6.92 Å². The summed E-state index contributed by atoms with van der Waals surface area (Å²) in [7, 11) is 0. The molecule has 0 spiro atoms. The smallest absolute Gasteiger partial charge is 0.154 e. The second-order valence-electron chi connectivity index (χ2n) is 3.77. The molecular weight excluding hydrogens is 156 g/mol. The molecule has 0 heterocycles. The standard InChI is InChI=1S/C9H18O3/c1-6(10)7-4-2-3-5-8(7)9(11)12/h6-12H,2-5H2,1H3. The zero-order chi connectivity index (χ0) is 9.14. The summed E-state index contributed by atoms with van der Waals surface area (Å²) < 4.78 is 0. The van der Waals surface area contributed by atoms with Crippen molar-refractivity contribution in [2.45, 2.75) is 45.0 Å². The molecular formula is C9H18O3. The molecule has 1 rings (SSSR count). The molecule has 1 saturated carbocycles. The van der Waals surface area contributed by atoms with Crippen LogP contribution in [-0.2, 0) is 0 Å². The van der Waals surface area contributed by atoms with Gasteiger partial charge in [-0.3, -0.25) is 0 Å². The Labute approximate surface area is 73.0 Å². The van der Waals surface area contributed by atoms with Crippen molar-refractivity contribution in [1.29, 1.82) is 0 Å². The largest absolute Gasteiger partial charge is 0.393 e. The highest BCUT2D eigenvalue weighted by molar-refractivity contribution is 4.79. The average Bonchev–Trinajstić information content (AvgIpc) is 2.04. The van der Waals surface area contributed by atoms with E-state index in [4.69, 9.17) is 10.2 Å². The van der Waals surface area contributed by atoms with Crippen LogP contribution in [-0.4, -0.2) is 27.7 Å². The quantitative estimate of drug-likeness (QED) is 0.534. The van der Waals surface area contributed by atoms with Crippen molar-refractivity contribution in [3.63, 3.8) is 0 Å². The fourth-order valence-corrected chi connectivity index (χ4v) is 2.16. The number of hydrogen-bond donors (Lipinski definition) is 3. The molecule has 72 valence electrons. The summed E-state index contributed by atoms with van der Waals surface area (Å²) in [5, 5.41) is 27.5. The zero-order valence-electron chi connectivity index (χ0n) is 7.48. The van der Waals surface area contributed by atoms with Gasteiger partial charge in [0.2, 0.25) is 0 Å². The van der Waals surface area contributed by atoms with E-state index in [1.807, 2.05) is 0 Å². The SMILES string of the molecule is CC(O)C1CCCCC1C(O)O. The van der Waals surface area contributed by atoms with Crippen molar-refractivity contribution in [3.05, 3.63) is 0 Å². The summed E-state index contributed by atoms with van der Waals surface area (Å²) in [4.78, 5) is 0. The van der Waals surface area contributed by atoms with Crippen LogP contribution in [0.5, 0.6) is 0 Å². The molecule has 0 saturated heterocycles. The molecule has 1 fully saturated rings. The van der Waals surface area contributed by atoms with Crippen LogP contribution >= 0.6 is 0 Å². The molecule has 3 N–H and O–H groups in total. The predicted octanol–water partition coefficient (Wildman–Crippen LogP) is 0.484. The van der Waals surface area contributed by atoms with E-state index in [0.717, 1.165) is 25.7 Å². The fourth-order valence-electron chi connectivity index (χ4n) is 2.16. The zero-order valence-corrected chi connectivity index (χ0v) is 7.48. The van der Waals surface area contributed by atoms with Crippen molar-refractivity contribution in [2.75, 3.05) is 0 Å². The molecule has 1 aliphatic rings. The van der Waals surface area contributed by atoms with Gasteiger partial charge in [-0.15, -0.1) is 0 Å². The van der Waals surface area contributed by atoms with Crippen molar-refractivity contribution >= 4 is 0 Å². The minimum Gasteiger partial charge on any atom is -0.393 e. The summed E-state index contributed by atoms with van der Waals surface area (Å²) in [6, 6.07) is 0. The van der Waals surface area contributed by atoms with Crippen molar-refractivity contribution < 1.29 is 15.3 Å². The molecule has 12 heavy (non-hydrogen) atoms. The average molecular weight is 174 g/mol. The molecule has 0 amide bonds. The Hall–Kier alpha value is -0.120. The summed E-state index contributed by atoms with van der Waals surface area (Å²) in [6.45, 7) is 1.73. The molecule has 3 heteroatoms. The third-order valence-electron chi connectivity index (χ3n) is 2.88. The van der Waals surface area contributed by atoms with Gasteiger partial charge in [0.05, 0.1) is 6.10 Å². The highest BCUT2D eigenvalue weighted by Gasteiger charge is 2.32. The molecule has 0 aliphatic heterocycles. The van der Waals surface area contributed by atoms with E-state index in [0.29, 0.717) is 0 Å². The molecule has 3 atom stereocenters. The Kier molecular flexibility index (Phi) is 3.50. The van der Waals surface area contributed by atoms with Crippen molar-refractivity contribution in [3.8, 4) is 0 Å². The molecule has 0 aromatic rings. The van der Waals surface area contributed by atoms with Gasteiger partial charge in [-0.25, -0.2) is 0 Å². The van der Waals surface area contributed by atoms with E-state index in [1.165, 1.54) is 0 Å². The summed E-state index contributed by atoms with van der Waals surface area (Å²) >= 11 is 0. The van der Waals surface area contributed by atoms with Gasteiger partial charge in [-0.1, -0.05) is 12.8 Å². The lowest BCUT2D eigenvalue weighted by atomic mass is 9.76. The number of rotatable bonds is 2. The summed E-state index contributed by atoms with van der Waals surface area (Å²) in [6.07, 6.45) is 2.21. The Balaban J connectivity index is 2.54. The second kappa shape index (κ2) is 4.21. The van der Waals surface area contributed by atoms with Gasteiger partial charge in [0.25, 0.3) is 0 Å². The topological polar surface area (TPSA) is 60.7 Å². The normalized spacial score (nSPS) is 33.8. The molecule has 0 aromatic carbocycles. The van der Waals surface area contributed by atoms with Crippen LogP contribution in [0.15, 0.2) is 0 Å². The first-order chi connectivity index (χ1) is 5.63. The van der Waals surface area contributed by atoms with E-state index in [9.17, 15) is 5.11 Å². The first-order valence-corrected chi connectivity index (χ1v) is 4.67. The third-order valence-corrected chi connectivity index (χ3v) is 2.88. The van der Waals surface area contributed by atoms with Crippen LogP contribution < -0.4 is 0 Å². The highest BCUT2D eigenvalue weighted by Crippen LogP contribution is 2.33. The minimum absolute atomic E-state index is 0.0683. The molecule has 0 aromatic heterocycles. The minimum atomic E-state index is -1.26. The Morgan fingerprint density at radius 1 is 1.00 bits per heavy atom. The molecule has 0 bridgehead atoms. The Morgan fingerprint density at radius 3 is 1.83 bits per heavy atom. The van der Waals surface area contributed by atoms with Gasteiger partial charge >= 0.3 is 0 Å². The number of hydrogen-bond acceptors (Lipinski definition) is 3. The third kappa shape index (κ3) is 2.19. The lowest BCUT2D eigenvalue weighted by Crippen LogP contribution is -2.36. The first kappa shape index (κ1) is 9.96. The van der Waals surface area contributed by atoms with E-state index >= 15 is 0 Å². The van der Waals surface area contributed by atoms with Crippen LogP contribution in [0.3, 0.4) is 0 Å². The van der Waals surface area contributed by atoms with Crippen molar-refractivity contribution in [2.24, 2.45) is 11.8 Å². The number of aliphatic hydroxyl groups excluding tert-OH is 2. The van der Waals surface area contributed by atoms with Crippen LogP contribution in [0.25, 0.3) is 0 Å². The van der Waals surface area contributed by atoms with Gasteiger partial charge in [0.15, 0.2) is 6.29 Å². The first-order valence-electron chi connectivity index (χ1n) is 4.67. The molecule has 3 nitrogen and oxygen atoms in total. The maximum atomic E-state index is 9.37. The Morgan fingerprint density at radius 2 is 1.50 bits per heavy atom. The lowest BCUT2D eigenvalue weighted by Gasteiger charge is -2.34. The predicted molar refractivity (Wildman–Crippen MR) is 45.4 cm³/mol. The van der Waals surface area contributed by atoms with Crippen LogP contribution in [0, 0.1) is 11.8 Å². The van der Waals surface area contributed by atoms with Gasteiger partial charge in [0, 0.05) is 5.92 Å². The Bertz CT molecular complexity index is 118. The summed E-state index contributed by atoms with van der Waals surface area (Å²) in [5.41, 5.74) is 0. The van der Waals surface area contributed by atoms with Gasteiger partial charge in [0.1, 0.15) is 0 Å². The van der Waals surface area contributed by atoms with Crippen molar-refractivity contribution in [1.82, 2.24) is 0 Å². The molecule has 0 radical (unpaired) electrons. The maximum absolute atomic E-state index is 9.37.